The van der Waals surface area contributed by atoms with Gasteiger partial charge in [-0.05, 0) is 59.8 Å². The molecule has 0 bridgehead atoms. The first-order valence-electron chi connectivity index (χ1n) is 5.71. The summed E-state index contributed by atoms with van der Waals surface area (Å²) < 4.78 is 6.69. The second kappa shape index (κ2) is 5.48. The van der Waals surface area contributed by atoms with E-state index >= 15 is 0 Å². The van der Waals surface area contributed by atoms with Gasteiger partial charge in [0.25, 0.3) is 0 Å². The molecule has 2 rings (SSSR count). The lowest BCUT2D eigenvalue weighted by molar-refractivity contribution is 0.112. The second-order valence-electron chi connectivity index (χ2n) is 4.18. The molecule has 1 aromatic rings. The first-order valence-corrected chi connectivity index (χ1v) is 6.50. The largest absolute Gasteiger partial charge is 0.490 e. The van der Waals surface area contributed by atoms with E-state index in [0.29, 0.717) is 11.7 Å². The summed E-state index contributed by atoms with van der Waals surface area (Å²) in [7, 11) is 0. The van der Waals surface area contributed by atoms with Crippen LogP contribution in [0.1, 0.15) is 42.5 Å². The van der Waals surface area contributed by atoms with Gasteiger partial charge < -0.3 is 4.74 Å². The SMILES string of the molecule is O=Cc1ccc(OC2CCCCC2)cc1Br. The summed E-state index contributed by atoms with van der Waals surface area (Å²) in [4.78, 5) is 10.7. The fourth-order valence-electron chi connectivity index (χ4n) is 2.05. The lowest BCUT2D eigenvalue weighted by atomic mass is 9.98. The Bertz CT molecular complexity index is 370. The summed E-state index contributed by atoms with van der Waals surface area (Å²) in [5, 5.41) is 0. The fourth-order valence-corrected chi connectivity index (χ4v) is 2.50. The van der Waals surface area contributed by atoms with E-state index in [-0.39, 0.29) is 0 Å². The summed E-state index contributed by atoms with van der Waals surface area (Å²) in [6, 6.07) is 5.52. The van der Waals surface area contributed by atoms with Gasteiger partial charge >= 0.3 is 0 Å². The van der Waals surface area contributed by atoms with E-state index in [1.54, 1.807) is 6.07 Å². The highest BCUT2D eigenvalue weighted by Crippen LogP contribution is 2.26. The number of ether oxygens (including phenoxy) is 1. The van der Waals surface area contributed by atoms with Crippen LogP contribution in [0.5, 0.6) is 5.75 Å². The molecule has 16 heavy (non-hydrogen) atoms. The maximum absolute atomic E-state index is 10.7. The van der Waals surface area contributed by atoms with Gasteiger partial charge in [0.05, 0.1) is 6.10 Å². The van der Waals surface area contributed by atoms with E-state index in [2.05, 4.69) is 15.9 Å². The number of aldehydes is 1. The molecule has 0 heterocycles. The monoisotopic (exact) mass is 282 g/mol. The minimum atomic E-state index is 0.350. The maximum Gasteiger partial charge on any atom is 0.151 e. The molecule has 2 nitrogen and oxygen atoms in total. The first kappa shape index (κ1) is 11.6. The van der Waals surface area contributed by atoms with Crippen LogP contribution in [0.3, 0.4) is 0 Å². The summed E-state index contributed by atoms with van der Waals surface area (Å²) in [5.41, 5.74) is 0.663. The Morgan fingerprint density at radius 2 is 2.00 bits per heavy atom. The third-order valence-corrected chi connectivity index (χ3v) is 3.64. The molecular formula is C13H15BrO2. The van der Waals surface area contributed by atoms with Crippen LogP contribution in [0.25, 0.3) is 0 Å². The minimum absolute atomic E-state index is 0.350. The predicted molar refractivity (Wildman–Crippen MR) is 67.0 cm³/mol. The van der Waals surface area contributed by atoms with Gasteiger partial charge in [0.1, 0.15) is 5.75 Å². The van der Waals surface area contributed by atoms with Gasteiger partial charge in [-0.1, -0.05) is 6.42 Å². The molecule has 0 aliphatic heterocycles. The second-order valence-corrected chi connectivity index (χ2v) is 5.03. The van der Waals surface area contributed by atoms with E-state index in [0.717, 1.165) is 29.4 Å². The van der Waals surface area contributed by atoms with Gasteiger partial charge in [0, 0.05) is 10.0 Å². The third kappa shape index (κ3) is 2.85. The van der Waals surface area contributed by atoms with E-state index in [1.165, 1.54) is 19.3 Å². The summed E-state index contributed by atoms with van der Waals surface area (Å²) >= 11 is 3.36. The molecular weight excluding hydrogens is 268 g/mol. The molecule has 1 aliphatic rings. The zero-order valence-electron chi connectivity index (χ0n) is 9.12. The van der Waals surface area contributed by atoms with Crippen LogP contribution in [0.15, 0.2) is 22.7 Å². The van der Waals surface area contributed by atoms with E-state index in [1.807, 2.05) is 12.1 Å². The van der Waals surface area contributed by atoms with Crippen molar-refractivity contribution >= 4 is 22.2 Å². The average Bonchev–Trinajstić information content (AvgIpc) is 2.31. The highest BCUT2D eigenvalue weighted by molar-refractivity contribution is 9.10. The first-order chi connectivity index (χ1) is 7.79. The molecule has 3 heteroatoms. The summed E-state index contributed by atoms with van der Waals surface area (Å²) in [6.07, 6.45) is 7.33. The topological polar surface area (TPSA) is 26.3 Å². The van der Waals surface area contributed by atoms with Gasteiger partial charge in [0.2, 0.25) is 0 Å². The van der Waals surface area contributed by atoms with Crippen molar-refractivity contribution in [2.75, 3.05) is 0 Å². The van der Waals surface area contributed by atoms with Crippen molar-refractivity contribution in [3.63, 3.8) is 0 Å². The lowest BCUT2D eigenvalue weighted by Gasteiger charge is -2.23. The summed E-state index contributed by atoms with van der Waals surface area (Å²) in [6.45, 7) is 0. The molecule has 1 aromatic carbocycles. The maximum atomic E-state index is 10.7. The Labute approximate surface area is 104 Å². The van der Waals surface area contributed by atoms with Gasteiger partial charge in [-0.2, -0.15) is 0 Å². The molecule has 0 aromatic heterocycles. The Morgan fingerprint density at radius 3 is 2.62 bits per heavy atom. The number of carbonyl (C=O) groups is 1. The average molecular weight is 283 g/mol. The molecule has 0 saturated heterocycles. The van der Waals surface area contributed by atoms with Gasteiger partial charge in [-0.25, -0.2) is 0 Å². The Balaban J connectivity index is 2.03. The molecule has 0 spiro atoms. The number of rotatable bonds is 3. The zero-order valence-corrected chi connectivity index (χ0v) is 10.7. The van der Waals surface area contributed by atoms with Crippen molar-refractivity contribution in [2.24, 2.45) is 0 Å². The van der Waals surface area contributed by atoms with Crippen molar-refractivity contribution in [1.29, 1.82) is 0 Å². The van der Waals surface area contributed by atoms with Gasteiger partial charge in [0.15, 0.2) is 6.29 Å². The van der Waals surface area contributed by atoms with Gasteiger partial charge in [-0.3, -0.25) is 4.79 Å². The van der Waals surface area contributed by atoms with E-state index in [9.17, 15) is 4.79 Å². The van der Waals surface area contributed by atoms with Crippen LogP contribution in [-0.2, 0) is 0 Å². The molecule has 0 amide bonds. The van der Waals surface area contributed by atoms with Crippen LogP contribution in [0, 0.1) is 0 Å². The molecule has 0 N–H and O–H groups in total. The highest BCUT2D eigenvalue weighted by Gasteiger charge is 2.15. The zero-order chi connectivity index (χ0) is 11.4. The molecule has 1 saturated carbocycles. The van der Waals surface area contributed by atoms with Crippen LogP contribution in [0.2, 0.25) is 0 Å². The molecule has 1 aliphatic carbocycles. The molecule has 0 unspecified atom stereocenters. The Hall–Kier alpha value is -0.830. The van der Waals surface area contributed by atoms with Crippen LogP contribution in [-0.4, -0.2) is 12.4 Å². The number of halogens is 1. The third-order valence-electron chi connectivity index (χ3n) is 2.95. The number of carbonyl (C=O) groups excluding carboxylic acids is 1. The Morgan fingerprint density at radius 1 is 1.25 bits per heavy atom. The number of hydrogen-bond donors (Lipinski definition) is 0. The Kier molecular flexibility index (Phi) is 3.99. The molecule has 0 radical (unpaired) electrons. The van der Waals surface area contributed by atoms with E-state index < -0.39 is 0 Å². The number of benzene rings is 1. The molecule has 0 atom stereocenters. The number of hydrogen-bond acceptors (Lipinski definition) is 2. The van der Waals surface area contributed by atoms with E-state index in [4.69, 9.17) is 4.74 Å². The van der Waals surface area contributed by atoms with Crippen molar-refractivity contribution in [3.8, 4) is 5.75 Å². The van der Waals surface area contributed by atoms with Crippen molar-refractivity contribution in [1.82, 2.24) is 0 Å². The van der Waals surface area contributed by atoms with Crippen LogP contribution in [0.4, 0.5) is 0 Å². The minimum Gasteiger partial charge on any atom is -0.490 e. The van der Waals surface area contributed by atoms with Crippen LogP contribution >= 0.6 is 15.9 Å². The smallest absolute Gasteiger partial charge is 0.151 e. The normalized spacial score (nSPS) is 17.1. The van der Waals surface area contributed by atoms with Crippen molar-refractivity contribution < 1.29 is 9.53 Å². The molecule has 1 fully saturated rings. The molecule has 86 valence electrons. The predicted octanol–water partition coefficient (Wildman–Crippen LogP) is 3.97. The van der Waals surface area contributed by atoms with Crippen molar-refractivity contribution in [3.05, 3.63) is 28.2 Å². The summed E-state index contributed by atoms with van der Waals surface area (Å²) in [5.74, 6) is 0.851. The lowest BCUT2D eigenvalue weighted by Crippen LogP contribution is -2.19. The van der Waals surface area contributed by atoms with Crippen molar-refractivity contribution in [2.45, 2.75) is 38.2 Å². The quantitative estimate of drug-likeness (QED) is 0.784. The fraction of sp³-hybridized carbons (Fsp3) is 0.462. The van der Waals surface area contributed by atoms with Gasteiger partial charge in [-0.15, -0.1) is 0 Å². The standard InChI is InChI=1S/C13H15BrO2/c14-13-8-12(7-6-10(13)9-15)16-11-4-2-1-3-5-11/h6-9,11H,1-5H2. The van der Waals surface area contributed by atoms with Crippen LogP contribution < -0.4 is 4.74 Å². The highest BCUT2D eigenvalue weighted by atomic mass is 79.9.